The van der Waals surface area contributed by atoms with Crippen LogP contribution in [0.2, 0.25) is 0 Å². The van der Waals surface area contributed by atoms with Gasteiger partial charge in [-0.2, -0.15) is 9.97 Å². The molecule has 0 aliphatic rings. The Morgan fingerprint density at radius 2 is 1.42 bits per heavy atom. The Kier molecular flexibility index (Phi) is 4.74. The van der Waals surface area contributed by atoms with Crippen molar-refractivity contribution in [3.8, 4) is 0 Å². The van der Waals surface area contributed by atoms with E-state index in [1.54, 1.807) is 0 Å². The highest BCUT2D eigenvalue weighted by molar-refractivity contribution is 5.91. The molecule has 0 saturated carbocycles. The molecular formula is C18H24N6. The van der Waals surface area contributed by atoms with Crippen molar-refractivity contribution in [2.75, 3.05) is 23.7 Å². The van der Waals surface area contributed by atoms with Crippen molar-refractivity contribution < 1.29 is 0 Å². The topological polar surface area (TPSA) is 75.6 Å². The number of benzene rings is 1. The third-order valence-corrected chi connectivity index (χ3v) is 3.99. The predicted molar refractivity (Wildman–Crippen MR) is 99.7 cm³/mol. The van der Waals surface area contributed by atoms with E-state index in [2.05, 4.69) is 60.4 Å². The Bertz CT molecular complexity index is 874. The van der Waals surface area contributed by atoms with Crippen molar-refractivity contribution in [2.45, 2.75) is 40.5 Å². The van der Waals surface area contributed by atoms with E-state index in [-0.39, 0.29) is 0 Å². The molecule has 6 nitrogen and oxygen atoms in total. The second-order valence-electron chi connectivity index (χ2n) is 6.07. The zero-order valence-corrected chi connectivity index (χ0v) is 14.8. The van der Waals surface area contributed by atoms with Crippen LogP contribution in [0.5, 0.6) is 0 Å². The molecule has 3 aromatic rings. The highest BCUT2D eigenvalue weighted by Gasteiger charge is 2.12. The van der Waals surface area contributed by atoms with Gasteiger partial charge in [0.1, 0.15) is 0 Å². The van der Waals surface area contributed by atoms with E-state index in [1.165, 1.54) is 11.1 Å². The first-order valence-electron chi connectivity index (χ1n) is 8.56. The van der Waals surface area contributed by atoms with Crippen molar-refractivity contribution in [3.05, 3.63) is 23.3 Å². The molecule has 1 aromatic carbocycles. The molecule has 126 valence electrons. The normalized spacial score (nSPS) is 11.2. The first-order chi connectivity index (χ1) is 11.6. The molecule has 0 fully saturated rings. The maximum atomic E-state index is 4.78. The van der Waals surface area contributed by atoms with Crippen LogP contribution in [0.15, 0.2) is 12.1 Å². The SMILES string of the molecule is CCCNc1nc(NCCC)c2nc3cc(C)c(C)cc3nc2n1. The van der Waals surface area contributed by atoms with E-state index in [4.69, 9.17) is 9.97 Å². The number of anilines is 2. The number of fused-ring (bicyclic) bond motifs is 2. The van der Waals surface area contributed by atoms with Gasteiger partial charge in [0.2, 0.25) is 5.95 Å². The fourth-order valence-electron chi connectivity index (χ4n) is 2.51. The van der Waals surface area contributed by atoms with Crippen molar-refractivity contribution in [3.63, 3.8) is 0 Å². The largest absolute Gasteiger partial charge is 0.368 e. The third-order valence-electron chi connectivity index (χ3n) is 3.99. The fraction of sp³-hybridized carbons (Fsp3) is 0.444. The Labute approximate surface area is 142 Å². The van der Waals surface area contributed by atoms with Gasteiger partial charge in [0.05, 0.1) is 11.0 Å². The Hall–Kier alpha value is -2.50. The van der Waals surface area contributed by atoms with Crippen LogP contribution in [-0.4, -0.2) is 33.0 Å². The van der Waals surface area contributed by atoms with E-state index in [9.17, 15) is 0 Å². The Morgan fingerprint density at radius 3 is 2.08 bits per heavy atom. The van der Waals surface area contributed by atoms with Gasteiger partial charge >= 0.3 is 0 Å². The van der Waals surface area contributed by atoms with Gasteiger partial charge in [-0.3, -0.25) is 0 Å². The highest BCUT2D eigenvalue weighted by atomic mass is 15.2. The van der Waals surface area contributed by atoms with E-state index < -0.39 is 0 Å². The summed E-state index contributed by atoms with van der Waals surface area (Å²) in [5.41, 5.74) is 5.51. The van der Waals surface area contributed by atoms with E-state index in [1.807, 2.05) is 0 Å². The molecule has 0 radical (unpaired) electrons. The predicted octanol–water partition coefficient (Wildman–Crippen LogP) is 3.83. The van der Waals surface area contributed by atoms with Crippen LogP contribution in [0.25, 0.3) is 22.2 Å². The molecule has 0 atom stereocenters. The van der Waals surface area contributed by atoms with Gasteiger partial charge in [0.15, 0.2) is 17.0 Å². The maximum Gasteiger partial charge on any atom is 0.226 e. The number of rotatable bonds is 6. The molecule has 0 amide bonds. The summed E-state index contributed by atoms with van der Waals surface area (Å²) >= 11 is 0. The van der Waals surface area contributed by atoms with Crippen LogP contribution in [0, 0.1) is 13.8 Å². The van der Waals surface area contributed by atoms with Gasteiger partial charge in [-0.1, -0.05) is 13.8 Å². The van der Waals surface area contributed by atoms with Crippen molar-refractivity contribution >= 4 is 34.0 Å². The summed E-state index contributed by atoms with van der Waals surface area (Å²) in [6.07, 6.45) is 2.03. The molecule has 0 aliphatic heterocycles. The van der Waals surface area contributed by atoms with E-state index in [0.29, 0.717) is 11.6 Å². The van der Waals surface area contributed by atoms with Gasteiger partial charge in [-0.15, -0.1) is 0 Å². The summed E-state index contributed by atoms with van der Waals surface area (Å²) < 4.78 is 0. The standard InChI is InChI=1S/C18H24N6/c1-5-7-19-16-15-17(24-18(23-16)20-8-6-2)22-14-10-12(4)11(3)9-13(14)21-15/h9-10H,5-8H2,1-4H3,(H2,19,20,22,23,24). The van der Waals surface area contributed by atoms with Crippen molar-refractivity contribution in [1.29, 1.82) is 0 Å². The summed E-state index contributed by atoms with van der Waals surface area (Å²) in [6, 6.07) is 4.14. The van der Waals surface area contributed by atoms with Crippen LogP contribution in [0.4, 0.5) is 11.8 Å². The van der Waals surface area contributed by atoms with Gasteiger partial charge < -0.3 is 10.6 Å². The van der Waals surface area contributed by atoms with Crippen LogP contribution in [0.1, 0.15) is 37.8 Å². The van der Waals surface area contributed by atoms with Gasteiger partial charge in [-0.05, 0) is 49.9 Å². The second kappa shape index (κ2) is 6.95. The third kappa shape index (κ3) is 3.22. The zero-order valence-electron chi connectivity index (χ0n) is 14.8. The van der Waals surface area contributed by atoms with E-state index >= 15 is 0 Å². The minimum atomic E-state index is 0.598. The first-order valence-corrected chi connectivity index (χ1v) is 8.56. The molecule has 0 spiro atoms. The number of aryl methyl sites for hydroxylation is 2. The number of hydrogen-bond donors (Lipinski definition) is 2. The van der Waals surface area contributed by atoms with Crippen LogP contribution in [0.3, 0.4) is 0 Å². The second-order valence-corrected chi connectivity index (χ2v) is 6.07. The van der Waals surface area contributed by atoms with Crippen LogP contribution < -0.4 is 10.6 Å². The summed E-state index contributed by atoms with van der Waals surface area (Å²) in [7, 11) is 0. The summed E-state index contributed by atoms with van der Waals surface area (Å²) in [6.45, 7) is 10.1. The smallest absolute Gasteiger partial charge is 0.226 e. The molecule has 3 rings (SSSR count). The monoisotopic (exact) mass is 324 g/mol. The highest BCUT2D eigenvalue weighted by Crippen LogP contribution is 2.24. The molecule has 24 heavy (non-hydrogen) atoms. The maximum absolute atomic E-state index is 4.78. The lowest BCUT2D eigenvalue weighted by molar-refractivity contribution is 0.944. The van der Waals surface area contributed by atoms with Crippen LogP contribution in [-0.2, 0) is 0 Å². The minimum absolute atomic E-state index is 0.598. The van der Waals surface area contributed by atoms with Crippen molar-refractivity contribution in [2.24, 2.45) is 0 Å². The average molecular weight is 324 g/mol. The number of nitrogens with one attached hydrogen (secondary N) is 2. The lowest BCUT2D eigenvalue weighted by atomic mass is 10.1. The Balaban J connectivity index is 2.19. The quantitative estimate of drug-likeness (QED) is 0.671. The van der Waals surface area contributed by atoms with Crippen LogP contribution >= 0.6 is 0 Å². The Morgan fingerprint density at radius 1 is 0.792 bits per heavy atom. The molecule has 6 heteroatoms. The van der Waals surface area contributed by atoms with Gasteiger partial charge in [0, 0.05) is 13.1 Å². The van der Waals surface area contributed by atoms with Crippen molar-refractivity contribution in [1.82, 2.24) is 19.9 Å². The minimum Gasteiger partial charge on any atom is -0.368 e. The molecule has 0 saturated heterocycles. The number of aromatic nitrogens is 4. The summed E-state index contributed by atoms with van der Waals surface area (Å²) in [5.74, 6) is 1.34. The molecule has 2 aromatic heterocycles. The molecule has 0 aliphatic carbocycles. The molecule has 0 bridgehead atoms. The van der Waals surface area contributed by atoms with E-state index in [0.717, 1.165) is 48.3 Å². The zero-order chi connectivity index (χ0) is 17.1. The molecule has 2 N–H and O–H groups in total. The summed E-state index contributed by atoms with van der Waals surface area (Å²) in [4.78, 5) is 18.6. The average Bonchev–Trinajstić information content (AvgIpc) is 2.57. The number of hydrogen-bond acceptors (Lipinski definition) is 6. The molecule has 2 heterocycles. The lowest BCUT2D eigenvalue weighted by Crippen LogP contribution is -2.10. The fourth-order valence-corrected chi connectivity index (χ4v) is 2.51. The van der Waals surface area contributed by atoms with Gasteiger partial charge in [-0.25, -0.2) is 9.97 Å². The lowest BCUT2D eigenvalue weighted by Gasteiger charge is -2.11. The number of nitrogens with zero attached hydrogens (tertiary/aromatic N) is 4. The first kappa shape index (κ1) is 16.4. The summed E-state index contributed by atoms with van der Waals surface area (Å²) in [5, 5.41) is 6.59. The van der Waals surface area contributed by atoms with Gasteiger partial charge in [0.25, 0.3) is 0 Å². The molecular weight excluding hydrogens is 300 g/mol. The molecule has 0 unspecified atom stereocenters.